The van der Waals surface area contributed by atoms with Crippen molar-refractivity contribution in [2.24, 2.45) is 0 Å². The van der Waals surface area contributed by atoms with E-state index in [0.29, 0.717) is 21.7 Å². The van der Waals surface area contributed by atoms with E-state index < -0.39 is 0 Å². The van der Waals surface area contributed by atoms with Crippen LogP contribution in [0.25, 0.3) is 0 Å². The molecule has 0 radical (unpaired) electrons. The first-order valence-electron chi connectivity index (χ1n) is 4.70. The number of hydrogen-bond donors (Lipinski definition) is 0. The minimum atomic E-state index is 0.278. The summed E-state index contributed by atoms with van der Waals surface area (Å²) >= 11 is 11.8. The van der Waals surface area contributed by atoms with Gasteiger partial charge in [0.1, 0.15) is 22.5 Å². The van der Waals surface area contributed by atoms with Crippen molar-refractivity contribution in [2.45, 2.75) is 0 Å². The molecular weight excluding hydrogens is 259 g/mol. The molecule has 0 saturated heterocycles. The van der Waals surface area contributed by atoms with E-state index in [9.17, 15) is 0 Å². The lowest BCUT2D eigenvalue weighted by Gasteiger charge is -2.07. The first-order valence-corrected chi connectivity index (χ1v) is 5.45. The average molecular weight is 265 g/mol. The zero-order chi connectivity index (χ0) is 12.3. The topological polar surface area (TPSA) is 45.9 Å². The molecule has 0 bridgehead atoms. The van der Waals surface area contributed by atoms with Gasteiger partial charge in [0.15, 0.2) is 0 Å². The summed E-state index contributed by atoms with van der Waals surface area (Å²) in [6.07, 6.45) is 0. The first kappa shape index (κ1) is 11.7. The third kappa shape index (κ3) is 2.68. The third-order valence-electron chi connectivity index (χ3n) is 1.97. The Bertz CT molecular complexity index is 593. The molecule has 0 fully saturated rings. The Labute approximate surface area is 108 Å². The van der Waals surface area contributed by atoms with Crippen LogP contribution >= 0.6 is 23.2 Å². The van der Waals surface area contributed by atoms with Crippen molar-refractivity contribution in [1.29, 1.82) is 5.26 Å². The van der Waals surface area contributed by atoms with Crippen molar-refractivity contribution in [1.82, 2.24) is 4.98 Å². The van der Waals surface area contributed by atoms with Gasteiger partial charge in [0.05, 0.1) is 5.02 Å². The number of rotatable bonds is 2. The summed E-state index contributed by atoms with van der Waals surface area (Å²) in [7, 11) is 0. The lowest BCUT2D eigenvalue weighted by molar-refractivity contribution is 0.462. The van der Waals surface area contributed by atoms with Gasteiger partial charge in [-0.3, -0.25) is 0 Å². The smallest absolute Gasteiger partial charge is 0.220 e. The van der Waals surface area contributed by atoms with Crippen molar-refractivity contribution in [3.05, 3.63) is 52.1 Å². The minimum Gasteiger partial charge on any atom is -0.437 e. The summed E-state index contributed by atoms with van der Waals surface area (Å²) in [5, 5.41) is 9.43. The molecule has 17 heavy (non-hydrogen) atoms. The van der Waals surface area contributed by atoms with Gasteiger partial charge in [-0.25, -0.2) is 4.98 Å². The van der Waals surface area contributed by atoms with E-state index in [4.69, 9.17) is 33.2 Å². The van der Waals surface area contributed by atoms with Crippen LogP contribution in [0.4, 0.5) is 0 Å². The zero-order valence-electron chi connectivity index (χ0n) is 8.52. The summed E-state index contributed by atoms with van der Waals surface area (Å²) in [6.45, 7) is 0. The van der Waals surface area contributed by atoms with Gasteiger partial charge in [0.2, 0.25) is 5.88 Å². The van der Waals surface area contributed by atoms with E-state index in [0.717, 1.165) is 0 Å². The lowest BCUT2D eigenvalue weighted by Crippen LogP contribution is -1.90. The van der Waals surface area contributed by atoms with Crippen LogP contribution in [-0.2, 0) is 0 Å². The van der Waals surface area contributed by atoms with Gasteiger partial charge in [-0.15, -0.1) is 0 Å². The van der Waals surface area contributed by atoms with E-state index in [-0.39, 0.29) is 5.69 Å². The molecule has 84 valence electrons. The van der Waals surface area contributed by atoms with Crippen LogP contribution in [0.2, 0.25) is 10.0 Å². The molecule has 0 amide bonds. The number of benzene rings is 1. The predicted molar refractivity (Wildman–Crippen MR) is 65.5 cm³/mol. The SMILES string of the molecule is N#Cc1cccc(Oc2cccc(Cl)c2Cl)n1. The Hall–Kier alpha value is -1.76. The highest BCUT2D eigenvalue weighted by Crippen LogP contribution is 2.33. The summed E-state index contributed by atoms with van der Waals surface area (Å²) in [5.74, 6) is 0.704. The van der Waals surface area contributed by atoms with Crippen molar-refractivity contribution >= 4 is 23.2 Å². The molecule has 1 heterocycles. The van der Waals surface area contributed by atoms with Crippen LogP contribution in [0.15, 0.2) is 36.4 Å². The molecule has 0 atom stereocenters. The summed E-state index contributed by atoms with van der Waals surface area (Å²) in [5.41, 5.74) is 0.278. The fourth-order valence-corrected chi connectivity index (χ4v) is 1.54. The van der Waals surface area contributed by atoms with E-state index in [2.05, 4.69) is 4.98 Å². The van der Waals surface area contributed by atoms with Crippen LogP contribution in [0.5, 0.6) is 11.6 Å². The van der Waals surface area contributed by atoms with Crippen LogP contribution in [-0.4, -0.2) is 4.98 Å². The molecule has 0 N–H and O–H groups in total. The van der Waals surface area contributed by atoms with Crippen molar-refractivity contribution in [3.8, 4) is 17.7 Å². The molecule has 2 rings (SSSR count). The van der Waals surface area contributed by atoms with Gasteiger partial charge >= 0.3 is 0 Å². The van der Waals surface area contributed by atoms with Gasteiger partial charge in [0, 0.05) is 6.07 Å². The molecule has 0 unspecified atom stereocenters. The van der Waals surface area contributed by atoms with E-state index in [1.165, 1.54) is 0 Å². The number of ether oxygens (including phenoxy) is 1. The number of pyridine rings is 1. The van der Waals surface area contributed by atoms with Crippen LogP contribution in [0.3, 0.4) is 0 Å². The van der Waals surface area contributed by atoms with Crippen LogP contribution < -0.4 is 4.74 Å². The Morgan fingerprint density at radius 2 is 1.88 bits per heavy atom. The van der Waals surface area contributed by atoms with Crippen LogP contribution in [0.1, 0.15) is 5.69 Å². The number of nitriles is 1. The first-order chi connectivity index (χ1) is 8.20. The van der Waals surface area contributed by atoms with E-state index >= 15 is 0 Å². The number of nitrogens with zero attached hydrogens (tertiary/aromatic N) is 2. The largest absolute Gasteiger partial charge is 0.437 e. The fraction of sp³-hybridized carbons (Fsp3) is 0. The van der Waals surface area contributed by atoms with Crippen molar-refractivity contribution in [3.63, 3.8) is 0 Å². The van der Waals surface area contributed by atoms with Crippen LogP contribution in [0, 0.1) is 11.3 Å². The molecule has 0 aliphatic carbocycles. The monoisotopic (exact) mass is 264 g/mol. The highest BCUT2D eigenvalue weighted by molar-refractivity contribution is 6.42. The Balaban J connectivity index is 2.32. The van der Waals surface area contributed by atoms with E-state index in [1.54, 1.807) is 36.4 Å². The third-order valence-corrected chi connectivity index (χ3v) is 2.77. The summed E-state index contributed by atoms with van der Waals surface area (Å²) in [6, 6.07) is 11.9. The van der Waals surface area contributed by atoms with Gasteiger partial charge in [0.25, 0.3) is 0 Å². The quantitative estimate of drug-likeness (QED) is 0.822. The Kier molecular flexibility index (Phi) is 3.48. The maximum absolute atomic E-state index is 8.71. The van der Waals surface area contributed by atoms with Gasteiger partial charge in [-0.05, 0) is 18.2 Å². The van der Waals surface area contributed by atoms with Crippen molar-refractivity contribution in [2.75, 3.05) is 0 Å². The lowest BCUT2D eigenvalue weighted by atomic mass is 10.3. The Morgan fingerprint density at radius 3 is 2.65 bits per heavy atom. The predicted octanol–water partition coefficient (Wildman–Crippen LogP) is 4.05. The minimum absolute atomic E-state index is 0.278. The van der Waals surface area contributed by atoms with Gasteiger partial charge in [-0.1, -0.05) is 35.3 Å². The number of halogens is 2. The standard InChI is InChI=1S/C12H6Cl2N2O/c13-9-4-2-5-10(12(9)14)17-11-6-1-3-8(7-15)16-11/h1-6H. The molecular formula is C12H6Cl2N2O. The van der Waals surface area contributed by atoms with E-state index in [1.807, 2.05) is 6.07 Å². The molecule has 0 saturated carbocycles. The molecule has 0 aliphatic rings. The highest BCUT2D eigenvalue weighted by atomic mass is 35.5. The van der Waals surface area contributed by atoms with Gasteiger partial charge in [-0.2, -0.15) is 5.26 Å². The fourth-order valence-electron chi connectivity index (χ4n) is 1.21. The molecule has 0 aliphatic heterocycles. The second kappa shape index (κ2) is 5.05. The average Bonchev–Trinajstić information content (AvgIpc) is 2.35. The molecule has 1 aromatic heterocycles. The van der Waals surface area contributed by atoms with Crippen molar-refractivity contribution < 1.29 is 4.74 Å². The number of hydrogen-bond acceptors (Lipinski definition) is 3. The maximum atomic E-state index is 8.71. The second-order valence-corrected chi connectivity index (χ2v) is 3.91. The molecule has 3 nitrogen and oxygen atoms in total. The normalized spacial score (nSPS) is 9.71. The second-order valence-electron chi connectivity index (χ2n) is 3.13. The molecule has 1 aromatic carbocycles. The zero-order valence-corrected chi connectivity index (χ0v) is 10.0. The molecule has 2 aromatic rings. The molecule has 5 heteroatoms. The maximum Gasteiger partial charge on any atom is 0.220 e. The highest BCUT2D eigenvalue weighted by Gasteiger charge is 2.07. The number of aromatic nitrogens is 1. The summed E-state index contributed by atoms with van der Waals surface area (Å²) in [4.78, 5) is 3.97. The Morgan fingerprint density at radius 1 is 1.12 bits per heavy atom. The van der Waals surface area contributed by atoms with Gasteiger partial charge < -0.3 is 4.74 Å². The summed E-state index contributed by atoms with van der Waals surface area (Å²) < 4.78 is 5.45. The molecule has 0 spiro atoms.